The van der Waals surface area contributed by atoms with Crippen LogP contribution >= 0.6 is 0 Å². The molecule has 0 radical (unpaired) electrons. The maximum absolute atomic E-state index is 9.03. The summed E-state index contributed by atoms with van der Waals surface area (Å²) >= 11 is 0. The van der Waals surface area contributed by atoms with Crippen molar-refractivity contribution in [3.8, 4) is 6.07 Å². The Labute approximate surface area is 126 Å². The number of likely N-dealkylation sites (tertiary alicyclic amines) is 1. The van der Waals surface area contributed by atoms with Gasteiger partial charge >= 0.3 is 0 Å². The van der Waals surface area contributed by atoms with Gasteiger partial charge in [0.25, 0.3) is 0 Å². The lowest BCUT2D eigenvalue weighted by molar-refractivity contribution is 0.249. The Kier molecular flexibility index (Phi) is 4.26. The molecule has 2 fully saturated rings. The molecule has 0 atom stereocenters. The van der Waals surface area contributed by atoms with Crippen molar-refractivity contribution in [2.45, 2.75) is 25.7 Å². The fraction of sp³-hybridized carbons (Fsp3) is 0.625. The molecule has 5 heteroatoms. The maximum Gasteiger partial charge on any atom is 0.165 e. The van der Waals surface area contributed by atoms with Gasteiger partial charge in [0.1, 0.15) is 11.9 Å². The molecule has 0 spiro atoms. The molecule has 0 aliphatic carbocycles. The molecule has 5 nitrogen and oxygen atoms in total. The second-order valence-electron chi connectivity index (χ2n) is 6.16. The van der Waals surface area contributed by atoms with Gasteiger partial charge in [-0.05, 0) is 56.8 Å². The van der Waals surface area contributed by atoms with Crippen LogP contribution in [0.1, 0.15) is 31.4 Å². The zero-order valence-electron chi connectivity index (χ0n) is 12.5. The van der Waals surface area contributed by atoms with Crippen molar-refractivity contribution < 1.29 is 0 Å². The molecule has 1 aromatic heterocycles. The number of hydrogen-bond acceptors (Lipinski definition) is 5. The van der Waals surface area contributed by atoms with Gasteiger partial charge in [-0.25, -0.2) is 4.98 Å². The van der Waals surface area contributed by atoms with E-state index in [0.29, 0.717) is 11.4 Å². The molecule has 0 saturated carbocycles. The van der Waals surface area contributed by atoms with E-state index < -0.39 is 0 Å². The smallest absolute Gasteiger partial charge is 0.165 e. The normalized spacial score (nSPS) is 20.6. The van der Waals surface area contributed by atoms with E-state index in [0.717, 1.165) is 24.8 Å². The summed E-state index contributed by atoms with van der Waals surface area (Å²) < 4.78 is 0. The van der Waals surface area contributed by atoms with Crippen LogP contribution in [0.15, 0.2) is 12.1 Å². The molecular formula is C16H23N5. The van der Waals surface area contributed by atoms with Crippen LogP contribution in [-0.2, 0) is 0 Å². The second-order valence-corrected chi connectivity index (χ2v) is 6.16. The molecule has 0 amide bonds. The summed E-state index contributed by atoms with van der Waals surface area (Å²) in [6, 6.07) is 5.78. The predicted octanol–water partition coefficient (Wildman–Crippen LogP) is 1.85. The topological polar surface area (TPSA) is 69.2 Å². The predicted molar refractivity (Wildman–Crippen MR) is 84.0 cm³/mol. The monoisotopic (exact) mass is 285 g/mol. The first-order valence-electron chi connectivity index (χ1n) is 7.90. The Morgan fingerprint density at radius 2 is 1.90 bits per heavy atom. The Balaban J connectivity index is 1.56. The van der Waals surface area contributed by atoms with Gasteiger partial charge in [-0.15, -0.1) is 0 Å². The van der Waals surface area contributed by atoms with E-state index in [4.69, 9.17) is 11.0 Å². The molecule has 0 bridgehead atoms. The second kappa shape index (κ2) is 6.31. The summed E-state index contributed by atoms with van der Waals surface area (Å²) in [5.74, 6) is 1.70. The third-order valence-electron chi connectivity index (χ3n) is 4.67. The third kappa shape index (κ3) is 3.27. The van der Waals surface area contributed by atoms with Crippen molar-refractivity contribution >= 4 is 11.5 Å². The quantitative estimate of drug-likeness (QED) is 0.918. The lowest BCUT2D eigenvalue weighted by atomic mass is 9.96. The number of rotatable bonds is 3. The highest BCUT2D eigenvalue weighted by atomic mass is 15.2. The Morgan fingerprint density at radius 1 is 1.19 bits per heavy atom. The zero-order valence-corrected chi connectivity index (χ0v) is 12.5. The highest BCUT2D eigenvalue weighted by Gasteiger charge is 2.23. The van der Waals surface area contributed by atoms with E-state index in [1.807, 2.05) is 6.07 Å². The van der Waals surface area contributed by atoms with E-state index in [2.05, 4.69) is 20.9 Å². The first-order valence-corrected chi connectivity index (χ1v) is 7.90. The van der Waals surface area contributed by atoms with Crippen molar-refractivity contribution in [1.82, 2.24) is 9.88 Å². The maximum atomic E-state index is 9.03. The first kappa shape index (κ1) is 14.2. The van der Waals surface area contributed by atoms with Gasteiger partial charge in [0.15, 0.2) is 5.69 Å². The van der Waals surface area contributed by atoms with Crippen molar-refractivity contribution in [1.29, 1.82) is 5.26 Å². The Bertz CT molecular complexity index is 522. The molecule has 2 aliphatic heterocycles. The van der Waals surface area contributed by atoms with Crippen molar-refractivity contribution in [3.05, 3.63) is 17.8 Å². The van der Waals surface area contributed by atoms with Crippen LogP contribution in [0.3, 0.4) is 0 Å². The van der Waals surface area contributed by atoms with Gasteiger partial charge < -0.3 is 15.5 Å². The molecule has 3 heterocycles. The molecule has 2 aliphatic rings. The number of nitriles is 1. The highest BCUT2D eigenvalue weighted by molar-refractivity contribution is 5.55. The summed E-state index contributed by atoms with van der Waals surface area (Å²) in [5, 5.41) is 9.03. The molecule has 1 aromatic rings. The minimum Gasteiger partial charge on any atom is -0.396 e. The van der Waals surface area contributed by atoms with Crippen LogP contribution in [0.25, 0.3) is 0 Å². The number of piperidine rings is 1. The molecule has 112 valence electrons. The molecule has 2 N–H and O–H groups in total. The van der Waals surface area contributed by atoms with E-state index in [9.17, 15) is 0 Å². The van der Waals surface area contributed by atoms with Gasteiger partial charge in [0.05, 0.1) is 5.69 Å². The van der Waals surface area contributed by atoms with Crippen molar-refractivity contribution in [2.75, 3.05) is 43.4 Å². The highest BCUT2D eigenvalue weighted by Crippen LogP contribution is 2.25. The molecule has 2 saturated heterocycles. The van der Waals surface area contributed by atoms with Gasteiger partial charge in [0.2, 0.25) is 0 Å². The van der Waals surface area contributed by atoms with E-state index in [1.165, 1.54) is 45.3 Å². The summed E-state index contributed by atoms with van der Waals surface area (Å²) in [6.45, 7) is 5.88. The fourth-order valence-corrected chi connectivity index (χ4v) is 3.40. The average molecular weight is 285 g/mol. The Morgan fingerprint density at radius 3 is 2.57 bits per heavy atom. The number of nitrogens with zero attached hydrogens (tertiary/aromatic N) is 4. The van der Waals surface area contributed by atoms with Crippen LogP contribution in [0.5, 0.6) is 0 Å². The summed E-state index contributed by atoms with van der Waals surface area (Å²) in [4.78, 5) is 9.26. The molecule has 0 aromatic carbocycles. The molecule has 3 rings (SSSR count). The average Bonchev–Trinajstić information content (AvgIpc) is 3.02. The standard InChI is InChI=1S/C16H23N5/c17-11-15-14(18)3-4-16(19-15)21-9-5-13(6-10-21)12-20-7-1-2-8-20/h3-4,13H,1-2,5-10,12,18H2. The van der Waals surface area contributed by atoms with Crippen molar-refractivity contribution in [2.24, 2.45) is 5.92 Å². The number of nitrogen functional groups attached to an aromatic ring is 1. The zero-order chi connectivity index (χ0) is 14.7. The van der Waals surface area contributed by atoms with Crippen LogP contribution in [-0.4, -0.2) is 42.6 Å². The minimum atomic E-state index is 0.340. The number of nitrogens with two attached hydrogens (primary N) is 1. The lowest BCUT2D eigenvalue weighted by Crippen LogP contribution is -2.38. The van der Waals surface area contributed by atoms with E-state index in [-0.39, 0.29) is 0 Å². The summed E-state index contributed by atoms with van der Waals surface area (Å²) in [5.41, 5.74) is 6.54. The summed E-state index contributed by atoms with van der Waals surface area (Å²) in [6.07, 6.45) is 5.16. The van der Waals surface area contributed by atoms with Gasteiger partial charge in [-0.2, -0.15) is 5.26 Å². The van der Waals surface area contributed by atoms with Crippen LogP contribution in [0.4, 0.5) is 11.5 Å². The largest absolute Gasteiger partial charge is 0.396 e. The number of aromatic nitrogens is 1. The first-order chi connectivity index (χ1) is 10.3. The number of pyridine rings is 1. The molecule has 21 heavy (non-hydrogen) atoms. The van der Waals surface area contributed by atoms with Gasteiger partial charge in [0, 0.05) is 19.6 Å². The van der Waals surface area contributed by atoms with E-state index in [1.54, 1.807) is 6.07 Å². The fourth-order valence-electron chi connectivity index (χ4n) is 3.40. The molecular weight excluding hydrogens is 262 g/mol. The van der Waals surface area contributed by atoms with Crippen LogP contribution in [0, 0.1) is 17.2 Å². The molecule has 0 unspecified atom stereocenters. The van der Waals surface area contributed by atoms with Crippen LogP contribution in [0.2, 0.25) is 0 Å². The van der Waals surface area contributed by atoms with Crippen molar-refractivity contribution in [3.63, 3.8) is 0 Å². The number of hydrogen-bond donors (Lipinski definition) is 1. The minimum absolute atomic E-state index is 0.340. The van der Waals surface area contributed by atoms with Crippen LogP contribution < -0.4 is 10.6 Å². The Hall–Kier alpha value is -1.80. The van der Waals surface area contributed by atoms with Gasteiger partial charge in [-0.1, -0.05) is 0 Å². The third-order valence-corrected chi connectivity index (χ3v) is 4.67. The number of anilines is 2. The SMILES string of the molecule is N#Cc1nc(N2CCC(CN3CCCC3)CC2)ccc1N. The van der Waals surface area contributed by atoms with Gasteiger partial charge in [-0.3, -0.25) is 0 Å². The summed E-state index contributed by atoms with van der Waals surface area (Å²) in [7, 11) is 0. The lowest BCUT2D eigenvalue weighted by Gasteiger charge is -2.34. The van der Waals surface area contributed by atoms with E-state index >= 15 is 0 Å².